The third-order valence-electron chi connectivity index (χ3n) is 7.31. The Bertz CT molecular complexity index is 1320. The van der Waals surface area contributed by atoms with Crippen molar-refractivity contribution in [2.24, 2.45) is 5.92 Å². The molecule has 1 N–H and O–H groups in total. The lowest BCUT2D eigenvalue weighted by Gasteiger charge is -2.38. The van der Waals surface area contributed by atoms with Gasteiger partial charge in [-0.05, 0) is 75.3 Å². The molecule has 0 unspecified atom stereocenters. The van der Waals surface area contributed by atoms with Gasteiger partial charge in [-0.3, -0.25) is 4.98 Å². The van der Waals surface area contributed by atoms with E-state index < -0.39 is 5.60 Å². The van der Waals surface area contributed by atoms with Gasteiger partial charge in [0.1, 0.15) is 5.60 Å². The lowest BCUT2D eigenvalue weighted by Crippen LogP contribution is -2.43. The summed E-state index contributed by atoms with van der Waals surface area (Å²) in [6, 6.07) is 8.47. The van der Waals surface area contributed by atoms with Gasteiger partial charge in [0.05, 0.1) is 16.8 Å². The molecule has 1 aromatic carbocycles. The van der Waals surface area contributed by atoms with Crippen molar-refractivity contribution >= 4 is 44.9 Å². The summed E-state index contributed by atoms with van der Waals surface area (Å²) in [5, 5.41) is 10.5. The second kappa shape index (κ2) is 8.36. The molecule has 6 rings (SSSR count). The van der Waals surface area contributed by atoms with Crippen LogP contribution in [0.1, 0.15) is 50.0 Å². The van der Waals surface area contributed by atoms with Gasteiger partial charge in [-0.2, -0.15) is 0 Å². The molecule has 35 heavy (non-hydrogen) atoms. The summed E-state index contributed by atoms with van der Waals surface area (Å²) < 4.78 is 6.72. The highest BCUT2D eigenvalue weighted by Crippen LogP contribution is 2.58. The van der Waals surface area contributed by atoms with Crippen molar-refractivity contribution < 1.29 is 14.6 Å². The molecule has 3 atom stereocenters. The number of halogens is 1. The van der Waals surface area contributed by atoms with E-state index in [-0.39, 0.29) is 18.7 Å². The number of benzene rings is 1. The lowest BCUT2D eigenvalue weighted by molar-refractivity contribution is 0.0292. The van der Waals surface area contributed by atoms with Crippen LogP contribution in [0.3, 0.4) is 0 Å². The molecule has 1 saturated heterocycles. The SMILES string of the molecule is CC(C)(C)OC(=O)N1CC[C@H](N2C[C@@H]3C[C@@H]3c3cc(Cl)cc(-c4ccnc5cc(CO)sc45)c32)C1. The highest BCUT2D eigenvalue weighted by atomic mass is 35.5. The van der Waals surface area contributed by atoms with E-state index in [0.29, 0.717) is 24.9 Å². The van der Waals surface area contributed by atoms with Gasteiger partial charge in [-0.15, -0.1) is 11.3 Å². The van der Waals surface area contributed by atoms with Gasteiger partial charge in [0.25, 0.3) is 0 Å². The number of nitrogens with zero attached hydrogens (tertiary/aromatic N) is 3. The number of anilines is 1. The molecule has 3 aromatic rings. The molecule has 184 valence electrons. The van der Waals surface area contributed by atoms with Crippen LogP contribution in [0.2, 0.25) is 5.02 Å². The summed E-state index contributed by atoms with van der Waals surface area (Å²) in [6.07, 6.45) is 3.71. The Morgan fingerprint density at radius 2 is 2.09 bits per heavy atom. The van der Waals surface area contributed by atoms with E-state index in [1.807, 2.05) is 37.9 Å². The molecule has 3 aliphatic rings. The van der Waals surface area contributed by atoms with Crippen LogP contribution < -0.4 is 4.90 Å². The predicted octanol–water partition coefficient (Wildman–Crippen LogP) is 6.04. The van der Waals surface area contributed by atoms with Crippen LogP contribution in [0.15, 0.2) is 30.5 Å². The quantitative estimate of drug-likeness (QED) is 0.464. The molecular weight excluding hydrogens is 482 g/mol. The number of pyridine rings is 1. The maximum Gasteiger partial charge on any atom is 0.410 e. The minimum Gasteiger partial charge on any atom is -0.444 e. The smallest absolute Gasteiger partial charge is 0.410 e. The number of aliphatic hydroxyl groups is 1. The van der Waals surface area contributed by atoms with Crippen molar-refractivity contribution in [3.8, 4) is 11.1 Å². The second-order valence-electron chi connectivity index (χ2n) is 11.0. The van der Waals surface area contributed by atoms with E-state index in [1.54, 1.807) is 11.3 Å². The Balaban J connectivity index is 1.41. The summed E-state index contributed by atoms with van der Waals surface area (Å²) in [5.74, 6) is 1.19. The summed E-state index contributed by atoms with van der Waals surface area (Å²) in [6.45, 7) is 8.09. The lowest BCUT2D eigenvalue weighted by atomic mass is 9.92. The molecule has 0 spiro atoms. The van der Waals surface area contributed by atoms with Gasteiger partial charge >= 0.3 is 6.09 Å². The van der Waals surface area contributed by atoms with E-state index in [1.165, 1.54) is 17.7 Å². The Hall–Kier alpha value is -2.35. The van der Waals surface area contributed by atoms with E-state index in [2.05, 4.69) is 28.1 Å². The van der Waals surface area contributed by atoms with Crippen molar-refractivity contribution in [2.45, 2.75) is 57.8 Å². The number of aromatic nitrogens is 1. The third kappa shape index (κ3) is 4.17. The number of rotatable bonds is 3. The van der Waals surface area contributed by atoms with E-state index in [0.717, 1.165) is 44.2 Å². The van der Waals surface area contributed by atoms with Gasteiger partial charge in [0.15, 0.2) is 0 Å². The minimum atomic E-state index is -0.501. The Labute approximate surface area is 214 Å². The van der Waals surface area contributed by atoms with Crippen LogP contribution in [0.5, 0.6) is 0 Å². The van der Waals surface area contributed by atoms with Crippen molar-refractivity contribution in [1.29, 1.82) is 0 Å². The summed E-state index contributed by atoms with van der Waals surface area (Å²) in [7, 11) is 0. The first kappa shape index (κ1) is 23.1. The first-order valence-electron chi connectivity index (χ1n) is 12.3. The number of likely N-dealkylation sites (tertiary alicyclic amines) is 1. The van der Waals surface area contributed by atoms with Gasteiger partial charge in [0.2, 0.25) is 0 Å². The summed E-state index contributed by atoms with van der Waals surface area (Å²) in [4.78, 5) is 22.6. The number of hydrogen-bond donors (Lipinski definition) is 1. The van der Waals surface area contributed by atoms with Crippen molar-refractivity contribution in [3.63, 3.8) is 0 Å². The molecule has 6 nitrogen and oxygen atoms in total. The van der Waals surface area contributed by atoms with E-state index >= 15 is 0 Å². The fourth-order valence-corrected chi connectivity index (χ4v) is 6.93. The number of hydrogen-bond acceptors (Lipinski definition) is 6. The maximum absolute atomic E-state index is 12.8. The van der Waals surface area contributed by atoms with Crippen molar-refractivity contribution in [3.05, 3.63) is 45.9 Å². The van der Waals surface area contributed by atoms with Crippen molar-refractivity contribution in [1.82, 2.24) is 9.88 Å². The first-order chi connectivity index (χ1) is 16.7. The molecular formula is C27H30ClN3O3S. The van der Waals surface area contributed by atoms with Crippen LogP contribution in [-0.4, -0.2) is 52.4 Å². The molecule has 1 amide bonds. The maximum atomic E-state index is 12.8. The number of amides is 1. The van der Waals surface area contributed by atoms with Gasteiger partial charge in [0, 0.05) is 58.6 Å². The fourth-order valence-electron chi connectivity index (χ4n) is 5.70. The zero-order chi connectivity index (χ0) is 24.5. The van der Waals surface area contributed by atoms with Crippen LogP contribution in [-0.2, 0) is 11.3 Å². The average Bonchev–Trinajstić information content (AvgIpc) is 3.22. The summed E-state index contributed by atoms with van der Waals surface area (Å²) >= 11 is 8.28. The minimum absolute atomic E-state index is 0.00652. The number of carbonyl (C=O) groups is 1. The van der Waals surface area contributed by atoms with Gasteiger partial charge in [-0.1, -0.05) is 11.6 Å². The largest absolute Gasteiger partial charge is 0.444 e. The Morgan fingerprint density at radius 3 is 2.86 bits per heavy atom. The monoisotopic (exact) mass is 511 g/mol. The zero-order valence-electron chi connectivity index (χ0n) is 20.3. The molecule has 0 bridgehead atoms. The molecule has 1 aliphatic carbocycles. The summed E-state index contributed by atoms with van der Waals surface area (Å²) in [5.41, 5.74) is 5.18. The number of carbonyl (C=O) groups excluding carboxylic acids is 1. The molecule has 2 aromatic heterocycles. The molecule has 4 heterocycles. The van der Waals surface area contributed by atoms with Crippen LogP contribution in [0, 0.1) is 5.92 Å². The van der Waals surface area contributed by atoms with Crippen molar-refractivity contribution in [2.75, 3.05) is 24.5 Å². The van der Waals surface area contributed by atoms with Gasteiger partial charge in [-0.25, -0.2) is 4.79 Å². The Kier molecular flexibility index (Phi) is 5.51. The molecule has 2 fully saturated rings. The topological polar surface area (TPSA) is 65.9 Å². The molecule has 0 radical (unpaired) electrons. The normalized spacial score (nSPS) is 23.4. The third-order valence-corrected chi connectivity index (χ3v) is 8.67. The number of aliphatic hydroxyl groups excluding tert-OH is 1. The Morgan fingerprint density at radius 1 is 1.26 bits per heavy atom. The number of thiophene rings is 1. The standard InChI is InChI=1S/C27H30ClN3O3S/c1-27(2,3)34-26(33)30-7-5-17(13-30)31-12-15-8-20(15)22-10-16(28)9-21(24(22)31)19-4-6-29-23-11-18(14-32)35-25(19)23/h4,6,9-11,15,17,20,32H,5,7-8,12-14H2,1-3H3/t15-,17-,20-/m0/s1. The van der Waals surface area contributed by atoms with E-state index in [9.17, 15) is 9.90 Å². The molecule has 1 saturated carbocycles. The number of ether oxygens (including phenoxy) is 1. The second-order valence-corrected chi connectivity index (χ2v) is 12.5. The fraction of sp³-hybridized carbons (Fsp3) is 0.481. The molecule has 2 aliphatic heterocycles. The first-order valence-corrected chi connectivity index (χ1v) is 13.5. The highest BCUT2D eigenvalue weighted by molar-refractivity contribution is 7.19. The molecule has 8 heteroatoms. The van der Waals surface area contributed by atoms with Crippen LogP contribution in [0.4, 0.5) is 10.5 Å². The zero-order valence-corrected chi connectivity index (χ0v) is 21.8. The van der Waals surface area contributed by atoms with E-state index in [4.69, 9.17) is 16.3 Å². The highest BCUT2D eigenvalue weighted by Gasteiger charge is 2.48. The van der Waals surface area contributed by atoms with Crippen LogP contribution >= 0.6 is 22.9 Å². The van der Waals surface area contributed by atoms with Gasteiger partial charge < -0.3 is 19.6 Å². The van der Waals surface area contributed by atoms with Crippen LogP contribution in [0.25, 0.3) is 21.3 Å². The number of fused-ring (bicyclic) bond motifs is 4. The average molecular weight is 512 g/mol. The predicted molar refractivity (Wildman–Crippen MR) is 140 cm³/mol.